The van der Waals surface area contributed by atoms with Gasteiger partial charge in [-0.3, -0.25) is 4.72 Å². The molecule has 0 saturated carbocycles. The van der Waals surface area contributed by atoms with Gasteiger partial charge < -0.3 is 9.47 Å². The molecular formula is C21H28N2O6S2. The Bertz CT molecular complexity index is 1140. The molecule has 0 saturated heterocycles. The average Bonchev–Trinajstić information content (AvgIpc) is 3.08. The van der Waals surface area contributed by atoms with Gasteiger partial charge in [-0.2, -0.15) is 4.31 Å². The molecule has 0 amide bonds. The van der Waals surface area contributed by atoms with Crippen molar-refractivity contribution in [3.8, 4) is 11.5 Å². The molecule has 1 heterocycles. The summed E-state index contributed by atoms with van der Waals surface area (Å²) in [4.78, 5) is -0.00620. The van der Waals surface area contributed by atoms with Crippen molar-refractivity contribution in [2.75, 3.05) is 24.4 Å². The fraction of sp³-hybridized carbons (Fsp3) is 0.429. The van der Waals surface area contributed by atoms with Crippen molar-refractivity contribution in [1.29, 1.82) is 0 Å². The minimum Gasteiger partial charge on any atom is -0.492 e. The van der Waals surface area contributed by atoms with E-state index in [-0.39, 0.29) is 21.6 Å². The first-order valence-corrected chi connectivity index (χ1v) is 13.1. The third-order valence-corrected chi connectivity index (χ3v) is 8.47. The molecule has 0 spiro atoms. The Morgan fingerprint density at radius 2 is 1.65 bits per heavy atom. The van der Waals surface area contributed by atoms with Crippen LogP contribution in [0.1, 0.15) is 33.3 Å². The van der Waals surface area contributed by atoms with Crippen molar-refractivity contribution in [3.05, 3.63) is 42.0 Å². The number of hydrogen-bond acceptors (Lipinski definition) is 6. The molecule has 1 atom stereocenters. The molecule has 1 aliphatic rings. The monoisotopic (exact) mass is 468 g/mol. The largest absolute Gasteiger partial charge is 0.492 e. The van der Waals surface area contributed by atoms with Gasteiger partial charge in [-0.05, 0) is 44.2 Å². The average molecular weight is 469 g/mol. The highest BCUT2D eigenvalue weighted by Gasteiger charge is 2.26. The molecule has 1 aliphatic heterocycles. The zero-order chi connectivity index (χ0) is 22.8. The number of nitrogens with zero attached hydrogens (tertiary/aromatic N) is 1. The zero-order valence-electron chi connectivity index (χ0n) is 18.1. The highest BCUT2D eigenvalue weighted by molar-refractivity contribution is 7.92. The van der Waals surface area contributed by atoms with Crippen LogP contribution in [0, 0.1) is 0 Å². The van der Waals surface area contributed by atoms with Gasteiger partial charge in [-0.15, -0.1) is 0 Å². The maximum Gasteiger partial charge on any atom is 0.262 e. The van der Waals surface area contributed by atoms with Gasteiger partial charge in [0.1, 0.15) is 17.6 Å². The number of fused-ring (bicyclic) bond motifs is 1. The fourth-order valence-corrected chi connectivity index (χ4v) is 6.02. The first-order chi connectivity index (χ1) is 14.6. The molecule has 2 aromatic carbocycles. The molecule has 2 aromatic rings. The minimum absolute atomic E-state index is 0.0108. The van der Waals surface area contributed by atoms with E-state index in [1.165, 1.54) is 28.6 Å². The Morgan fingerprint density at radius 1 is 1.03 bits per heavy atom. The summed E-state index contributed by atoms with van der Waals surface area (Å²) in [7, 11) is -7.64. The summed E-state index contributed by atoms with van der Waals surface area (Å²) in [5.74, 6) is 1.04. The van der Waals surface area contributed by atoms with Crippen molar-refractivity contribution >= 4 is 25.7 Å². The topological polar surface area (TPSA) is 102 Å². The van der Waals surface area contributed by atoms with Crippen molar-refractivity contribution in [2.24, 2.45) is 0 Å². The van der Waals surface area contributed by atoms with Gasteiger partial charge in [0.25, 0.3) is 10.0 Å². The lowest BCUT2D eigenvalue weighted by Crippen LogP contribution is -2.30. The number of benzene rings is 2. The molecule has 0 fully saturated rings. The summed E-state index contributed by atoms with van der Waals surface area (Å²) < 4.78 is 66.4. The number of anilines is 1. The molecule has 1 unspecified atom stereocenters. The van der Waals surface area contributed by atoms with Gasteiger partial charge >= 0.3 is 0 Å². The van der Waals surface area contributed by atoms with Crippen LogP contribution in [0.25, 0.3) is 0 Å². The molecule has 3 rings (SSSR count). The summed E-state index contributed by atoms with van der Waals surface area (Å²) in [6, 6.07) is 8.59. The second-order valence-electron chi connectivity index (χ2n) is 7.19. The van der Waals surface area contributed by atoms with Crippen LogP contribution in [0.3, 0.4) is 0 Å². The van der Waals surface area contributed by atoms with Crippen LogP contribution in [0.15, 0.2) is 46.2 Å². The Morgan fingerprint density at radius 3 is 2.23 bits per heavy atom. The Labute approximate surface area is 184 Å². The molecule has 1 N–H and O–H groups in total. The fourth-order valence-electron chi connectivity index (χ4n) is 3.50. The van der Waals surface area contributed by atoms with E-state index in [9.17, 15) is 16.8 Å². The van der Waals surface area contributed by atoms with Gasteiger partial charge in [0.05, 0.1) is 22.1 Å². The van der Waals surface area contributed by atoms with Crippen LogP contribution in [-0.4, -0.2) is 46.9 Å². The minimum atomic E-state index is -3.97. The number of rotatable bonds is 9. The van der Waals surface area contributed by atoms with Crippen LogP contribution in [0.4, 0.5) is 5.69 Å². The zero-order valence-corrected chi connectivity index (χ0v) is 19.7. The second kappa shape index (κ2) is 9.05. The lowest BCUT2D eigenvalue weighted by atomic mass is 10.1. The van der Waals surface area contributed by atoms with Gasteiger partial charge in [-0.1, -0.05) is 13.8 Å². The molecule has 0 radical (unpaired) electrons. The first-order valence-electron chi connectivity index (χ1n) is 10.2. The first kappa shape index (κ1) is 23.4. The second-order valence-corrected chi connectivity index (χ2v) is 10.8. The predicted molar refractivity (Wildman–Crippen MR) is 119 cm³/mol. The lowest BCUT2D eigenvalue weighted by Gasteiger charge is -2.18. The van der Waals surface area contributed by atoms with E-state index >= 15 is 0 Å². The van der Waals surface area contributed by atoms with Gasteiger partial charge in [0.2, 0.25) is 10.0 Å². The van der Waals surface area contributed by atoms with E-state index in [4.69, 9.17) is 9.47 Å². The van der Waals surface area contributed by atoms with Crippen LogP contribution in [0.2, 0.25) is 0 Å². The van der Waals surface area contributed by atoms with Crippen LogP contribution in [-0.2, 0) is 26.5 Å². The normalized spacial score (nSPS) is 16.1. The molecular weight excluding hydrogens is 440 g/mol. The lowest BCUT2D eigenvalue weighted by molar-refractivity contribution is 0.254. The summed E-state index contributed by atoms with van der Waals surface area (Å²) in [6.45, 7) is 8.31. The molecule has 10 heteroatoms. The number of hydrogen-bond donors (Lipinski definition) is 1. The summed E-state index contributed by atoms with van der Waals surface area (Å²) in [5.41, 5.74) is 1.24. The molecule has 170 valence electrons. The third-order valence-electron chi connectivity index (χ3n) is 5.02. The van der Waals surface area contributed by atoms with Crippen molar-refractivity contribution in [3.63, 3.8) is 0 Å². The molecule has 8 nitrogen and oxygen atoms in total. The van der Waals surface area contributed by atoms with Gasteiger partial charge in [-0.25, -0.2) is 16.8 Å². The van der Waals surface area contributed by atoms with E-state index in [1.807, 2.05) is 13.8 Å². The highest BCUT2D eigenvalue weighted by atomic mass is 32.2. The highest BCUT2D eigenvalue weighted by Crippen LogP contribution is 2.39. The SMILES string of the molecule is CCOc1cc2c(cc1NS(=O)(=O)c1ccc(S(=O)(=O)N(CC)CC)cc1)OC(C)C2. The quantitative estimate of drug-likeness (QED) is 0.606. The Balaban J connectivity index is 1.91. The Kier molecular flexibility index (Phi) is 6.82. The molecule has 0 aliphatic carbocycles. The number of nitrogens with one attached hydrogen (secondary N) is 1. The summed E-state index contributed by atoms with van der Waals surface area (Å²) in [6.07, 6.45) is 0.738. The third kappa shape index (κ3) is 4.81. The van der Waals surface area contributed by atoms with Crippen LogP contribution >= 0.6 is 0 Å². The number of sulfonamides is 2. The van der Waals surface area contributed by atoms with Crippen LogP contribution in [0.5, 0.6) is 11.5 Å². The number of ether oxygens (including phenoxy) is 2. The Hall–Kier alpha value is -2.30. The van der Waals surface area contributed by atoms with E-state index in [1.54, 1.807) is 26.0 Å². The maximum atomic E-state index is 13.0. The predicted octanol–water partition coefficient (Wildman–Crippen LogP) is 3.24. The molecule has 31 heavy (non-hydrogen) atoms. The standard InChI is InChI=1S/C21H28N2O6S2/c1-5-23(6-2)31(26,27)18-10-8-17(9-11-18)30(24,25)22-19-14-20-16(12-15(4)29-20)13-21(19)28-7-3/h8-11,13-15,22H,5-7,12H2,1-4H3. The molecule has 0 aromatic heterocycles. The van der Waals surface area contributed by atoms with Crippen molar-refractivity contribution < 1.29 is 26.3 Å². The smallest absolute Gasteiger partial charge is 0.262 e. The summed E-state index contributed by atoms with van der Waals surface area (Å²) >= 11 is 0. The van der Waals surface area contributed by atoms with Gasteiger partial charge in [0.15, 0.2) is 0 Å². The van der Waals surface area contributed by atoms with Crippen molar-refractivity contribution in [1.82, 2.24) is 4.31 Å². The summed E-state index contributed by atoms with van der Waals surface area (Å²) in [5, 5.41) is 0. The van der Waals surface area contributed by atoms with E-state index < -0.39 is 20.0 Å². The van der Waals surface area contributed by atoms with E-state index in [0.29, 0.717) is 31.2 Å². The van der Waals surface area contributed by atoms with Crippen LogP contribution < -0.4 is 14.2 Å². The van der Waals surface area contributed by atoms with E-state index in [0.717, 1.165) is 12.0 Å². The van der Waals surface area contributed by atoms with Gasteiger partial charge in [0, 0.05) is 31.1 Å². The maximum absolute atomic E-state index is 13.0. The van der Waals surface area contributed by atoms with E-state index in [2.05, 4.69) is 4.72 Å². The van der Waals surface area contributed by atoms with Crippen molar-refractivity contribution in [2.45, 2.75) is 50.0 Å². The molecule has 0 bridgehead atoms.